The molecule has 0 atom stereocenters. The van der Waals surface area contributed by atoms with Crippen molar-refractivity contribution < 1.29 is 13.2 Å². The predicted molar refractivity (Wildman–Crippen MR) is 72.0 cm³/mol. The van der Waals surface area contributed by atoms with Crippen molar-refractivity contribution in [3.8, 4) is 0 Å². The maximum Gasteiger partial charge on any atom is 0.416 e. The lowest BCUT2D eigenvalue weighted by molar-refractivity contribution is -0.137. The van der Waals surface area contributed by atoms with Gasteiger partial charge in [0.25, 0.3) is 0 Å². The molecule has 0 radical (unpaired) electrons. The molecular weight excluding hydrogens is 281 g/mol. The second-order valence-corrected chi connectivity index (χ2v) is 5.17. The maximum atomic E-state index is 12.7. The highest BCUT2D eigenvalue weighted by Crippen LogP contribution is 2.33. The Morgan fingerprint density at radius 2 is 1.90 bits per heavy atom. The smallest absolute Gasteiger partial charge is 0.357 e. The molecule has 0 bridgehead atoms. The molecule has 1 aliphatic rings. The fourth-order valence-electron chi connectivity index (χ4n) is 2.69. The lowest BCUT2D eigenvalue weighted by Gasteiger charge is -2.32. The summed E-state index contributed by atoms with van der Waals surface area (Å²) in [6.07, 6.45) is 0.199. The van der Waals surface area contributed by atoms with Gasteiger partial charge in [-0.3, -0.25) is 10.1 Å². The normalized spacial score (nSPS) is 17.2. The first-order valence-corrected chi connectivity index (χ1v) is 6.81. The molecule has 0 saturated carbocycles. The molecule has 3 rings (SSSR count). The Bertz CT molecular complexity index is 587. The lowest BCUT2D eigenvalue weighted by Crippen LogP contribution is -2.33. The first-order valence-electron chi connectivity index (χ1n) is 6.81. The monoisotopic (exact) mass is 296 g/mol. The zero-order chi connectivity index (χ0) is 14.9. The van der Waals surface area contributed by atoms with E-state index in [9.17, 15) is 13.2 Å². The van der Waals surface area contributed by atoms with Gasteiger partial charge in [0.05, 0.1) is 11.8 Å². The topological polar surface area (TPSA) is 44.8 Å². The fourth-order valence-corrected chi connectivity index (χ4v) is 2.69. The molecule has 0 unspecified atom stereocenters. The number of anilines is 1. The van der Waals surface area contributed by atoms with Crippen LogP contribution in [0.5, 0.6) is 0 Å². The van der Waals surface area contributed by atoms with Crippen LogP contribution in [0.2, 0.25) is 0 Å². The molecule has 112 valence electrons. The Kier molecular flexibility index (Phi) is 3.57. The van der Waals surface area contributed by atoms with Gasteiger partial charge in [-0.2, -0.15) is 18.3 Å². The highest BCUT2D eigenvalue weighted by Gasteiger charge is 2.32. The molecule has 2 aromatic heterocycles. The molecular formula is C14H15F3N4. The number of rotatable bonds is 2. The number of alkyl halides is 3. The van der Waals surface area contributed by atoms with E-state index in [-0.39, 0.29) is 5.92 Å². The van der Waals surface area contributed by atoms with Gasteiger partial charge in [-0.15, -0.1) is 0 Å². The van der Waals surface area contributed by atoms with Crippen LogP contribution in [0, 0.1) is 0 Å². The number of aromatic amines is 1. The van der Waals surface area contributed by atoms with Crippen LogP contribution < -0.4 is 4.90 Å². The molecule has 2 aromatic rings. The van der Waals surface area contributed by atoms with Crippen LogP contribution in [0.15, 0.2) is 30.6 Å². The van der Waals surface area contributed by atoms with Crippen LogP contribution in [0.4, 0.5) is 19.0 Å². The van der Waals surface area contributed by atoms with Crippen molar-refractivity contribution in [2.45, 2.75) is 24.9 Å². The summed E-state index contributed by atoms with van der Waals surface area (Å²) < 4.78 is 38.2. The summed E-state index contributed by atoms with van der Waals surface area (Å²) >= 11 is 0. The van der Waals surface area contributed by atoms with Crippen molar-refractivity contribution in [3.05, 3.63) is 41.9 Å². The second-order valence-electron chi connectivity index (χ2n) is 5.17. The van der Waals surface area contributed by atoms with Gasteiger partial charge in [-0.1, -0.05) is 0 Å². The van der Waals surface area contributed by atoms with Crippen molar-refractivity contribution in [3.63, 3.8) is 0 Å². The number of H-pyrrole nitrogens is 1. The quantitative estimate of drug-likeness (QED) is 0.925. The number of nitrogens with one attached hydrogen (secondary N) is 1. The molecule has 0 aliphatic carbocycles. The van der Waals surface area contributed by atoms with E-state index < -0.39 is 11.7 Å². The third-order valence-electron chi connectivity index (χ3n) is 3.85. The largest absolute Gasteiger partial charge is 0.416 e. The van der Waals surface area contributed by atoms with Gasteiger partial charge in [-0.25, -0.2) is 0 Å². The van der Waals surface area contributed by atoms with Gasteiger partial charge in [0.2, 0.25) is 0 Å². The Morgan fingerprint density at radius 1 is 1.14 bits per heavy atom. The van der Waals surface area contributed by atoms with Gasteiger partial charge >= 0.3 is 6.18 Å². The van der Waals surface area contributed by atoms with E-state index in [4.69, 9.17) is 0 Å². The van der Waals surface area contributed by atoms with E-state index in [1.807, 2.05) is 6.07 Å². The number of hydrogen-bond acceptors (Lipinski definition) is 3. The highest BCUT2D eigenvalue weighted by atomic mass is 19.4. The summed E-state index contributed by atoms with van der Waals surface area (Å²) in [5.74, 6) is 1.02. The third kappa shape index (κ3) is 3.01. The lowest BCUT2D eigenvalue weighted by atomic mass is 9.92. The highest BCUT2D eigenvalue weighted by molar-refractivity contribution is 5.37. The number of piperidine rings is 1. The average Bonchev–Trinajstić information content (AvgIpc) is 3.01. The maximum absolute atomic E-state index is 12.7. The average molecular weight is 296 g/mol. The van der Waals surface area contributed by atoms with E-state index in [0.717, 1.165) is 37.8 Å². The van der Waals surface area contributed by atoms with Crippen molar-refractivity contribution in [2.24, 2.45) is 0 Å². The predicted octanol–water partition coefficient (Wildman–Crippen LogP) is 3.21. The summed E-state index contributed by atoms with van der Waals surface area (Å²) in [7, 11) is 0. The fraction of sp³-hybridized carbons (Fsp3) is 0.429. The number of hydrogen-bond donors (Lipinski definition) is 1. The van der Waals surface area contributed by atoms with Gasteiger partial charge in [0.1, 0.15) is 5.82 Å². The number of aromatic nitrogens is 3. The first-order chi connectivity index (χ1) is 10.0. The van der Waals surface area contributed by atoms with Crippen LogP contribution in [-0.4, -0.2) is 28.3 Å². The first kappa shape index (κ1) is 13.9. The van der Waals surface area contributed by atoms with Crippen LogP contribution in [-0.2, 0) is 6.18 Å². The summed E-state index contributed by atoms with van der Waals surface area (Å²) in [5.41, 5.74) is -0.0856. The third-order valence-corrected chi connectivity index (χ3v) is 3.85. The van der Waals surface area contributed by atoms with Crippen molar-refractivity contribution in [1.29, 1.82) is 0 Å². The molecule has 1 N–H and O–H groups in total. The Hall–Kier alpha value is -2.05. The van der Waals surface area contributed by atoms with Gasteiger partial charge in [-0.05, 0) is 25.0 Å². The molecule has 3 heterocycles. The molecule has 0 aromatic carbocycles. The van der Waals surface area contributed by atoms with E-state index in [2.05, 4.69) is 20.1 Å². The molecule has 1 fully saturated rings. The summed E-state index contributed by atoms with van der Waals surface area (Å²) in [5, 5.41) is 6.81. The van der Waals surface area contributed by atoms with E-state index in [1.165, 1.54) is 12.3 Å². The Balaban J connectivity index is 1.70. The van der Waals surface area contributed by atoms with Crippen LogP contribution >= 0.6 is 0 Å². The summed E-state index contributed by atoms with van der Waals surface area (Å²) in [4.78, 5) is 6.28. The summed E-state index contributed by atoms with van der Waals surface area (Å²) in [6, 6.07) is 4.09. The van der Waals surface area contributed by atoms with E-state index in [1.54, 1.807) is 6.20 Å². The minimum atomic E-state index is -4.31. The van der Waals surface area contributed by atoms with Crippen molar-refractivity contribution in [1.82, 2.24) is 15.2 Å². The molecule has 4 nitrogen and oxygen atoms in total. The van der Waals surface area contributed by atoms with E-state index >= 15 is 0 Å². The minimum absolute atomic E-state index is 0.0754. The molecule has 1 aliphatic heterocycles. The van der Waals surface area contributed by atoms with Gasteiger partial charge in [0.15, 0.2) is 0 Å². The van der Waals surface area contributed by atoms with Gasteiger partial charge in [0, 0.05) is 37.0 Å². The minimum Gasteiger partial charge on any atom is -0.357 e. The standard InChI is InChI=1S/C14H15F3N4/c15-14(16,17)11-1-5-18-12(9-11)10-3-7-21(8-4-10)13-2-6-19-20-13/h1-2,5-6,9-10H,3-4,7-8H2,(H,19,20). The number of halogens is 3. The Morgan fingerprint density at radius 3 is 2.52 bits per heavy atom. The van der Waals surface area contributed by atoms with Crippen LogP contribution in [0.3, 0.4) is 0 Å². The van der Waals surface area contributed by atoms with Crippen molar-refractivity contribution >= 4 is 5.82 Å². The molecule has 21 heavy (non-hydrogen) atoms. The Labute approximate surface area is 120 Å². The second kappa shape index (κ2) is 5.38. The molecule has 1 saturated heterocycles. The van der Waals surface area contributed by atoms with Gasteiger partial charge < -0.3 is 4.90 Å². The SMILES string of the molecule is FC(F)(F)c1ccnc(C2CCN(c3ccn[nH]3)CC2)c1. The van der Waals surface area contributed by atoms with E-state index in [0.29, 0.717) is 5.69 Å². The number of pyridine rings is 1. The molecule has 0 amide bonds. The zero-order valence-electron chi connectivity index (χ0n) is 11.3. The summed E-state index contributed by atoms with van der Waals surface area (Å²) in [6.45, 7) is 1.57. The molecule has 7 heteroatoms. The molecule has 0 spiro atoms. The zero-order valence-corrected chi connectivity index (χ0v) is 11.3. The van der Waals surface area contributed by atoms with Crippen LogP contribution in [0.25, 0.3) is 0 Å². The van der Waals surface area contributed by atoms with Crippen LogP contribution in [0.1, 0.15) is 30.0 Å². The number of nitrogens with zero attached hydrogens (tertiary/aromatic N) is 3. The van der Waals surface area contributed by atoms with Crippen molar-refractivity contribution in [2.75, 3.05) is 18.0 Å².